The molecular formula is C17H9FN4O5S. The number of thiazole rings is 1. The molecule has 2 heterocycles. The minimum Gasteiger partial charge on any atom is -0.300 e. The van der Waals surface area contributed by atoms with Gasteiger partial charge in [0.25, 0.3) is 17.5 Å². The number of hydrogen-bond donors (Lipinski definition) is 1. The Labute approximate surface area is 159 Å². The van der Waals surface area contributed by atoms with E-state index in [1.807, 2.05) is 0 Å². The zero-order valence-corrected chi connectivity index (χ0v) is 14.7. The van der Waals surface area contributed by atoms with Crippen molar-refractivity contribution >= 4 is 50.1 Å². The second-order valence-corrected chi connectivity index (χ2v) is 6.89. The van der Waals surface area contributed by atoms with Crippen LogP contribution in [0.3, 0.4) is 0 Å². The van der Waals surface area contributed by atoms with Crippen LogP contribution in [0.2, 0.25) is 0 Å². The third kappa shape index (κ3) is 2.97. The van der Waals surface area contributed by atoms with Crippen molar-refractivity contribution in [3.05, 3.63) is 63.5 Å². The molecule has 0 fully saturated rings. The fraction of sp³-hybridized carbons (Fsp3) is 0.0588. The Bertz CT molecular complexity index is 1190. The number of hydrogen-bond acceptors (Lipinski definition) is 7. The number of nitro benzene ring substituents is 1. The zero-order chi connectivity index (χ0) is 20.0. The molecule has 4 rings (SSSR count). The van der Waals surface area contributed by atoms with Crippen LogP contribution < -0.4 is 5.32 Å². The van der Waals surface area contributed by atoms with E-state index in [0.29, 0.717) is 15.1 Å². The van der Waals surface area contributed by atoms with Gasteiger partial charge in [0, 0.05) is 12.1 Å². The SMILES string of the molecule is O=C(CN1C(=O)c2ccc([N+](=O)[O-])cc2C1=O)Nc1nc2ccc(F)cc2s1. The molecule has 1 aliphatic heterocycles. The number of anilines is 1. The number of carbonyl (C=O) groups is 3. The Morgan fingerprint density at radius 3 is 2.68 bits per heavy atom. The number of nitro groups is 1. The number of benzene rings is 2. The summed E-state index contributed by atoms with van der Waals surface area (Å²) >= 11 is 1.05. The molecule has 0 bridgehead atoms. The summed E-state index contributed by atoms with van der Waals surface area (Å²) in [6.45, 7) is -0.579. The van der Waals surface area contributed by atoms with Gasteiger partial charge in [-0.2, -0.15) is 0 Å². The molecule has 1 aliphatic rings. The summed E-state index contributed by atoms with van der Waals surface area (Å²) in [7, 11) is 0. The zero-order valence-electron chi connectivity index (χ0n) is 13.8. The van der Waals surface area contributed by atoms with Crippen molar-refractivity contribution in [3.63, 3.8) is 0 Å². The Hall–Kier alpha value is -3.73. The molecule has 11 heteroatoms. The van der Waals surface area contributed by atoms with Gasteiger partial charge in [0.05, 0.1) is 26.3 Å². The highest BCUT2D eigenvalue weighted by atomic mass is 32.1. The molecule has 0 radical (unpaired) electrons. The van der Waals surface area contributed by atoms with Crippen LogP contribution >= 0.6 is 11.3 Å². The smallest absolute Gasteiger partial charge is 0.270 e. The van der Waals surface area contributed by atoms with Gasteiger partial charge < -0.3 is 5.32 Å². The van der Waals surface area contributed by atoms with Crippen LogP contribution in [0.1, 0.15) is 20.7 Å². The van der Waals surface area contributed by atoms with E-state index >= 15 is 0 Å². The van der Waals surface area contributed by atoms with E-state index in [9.17, 15) is 28.9 Å². The normalized spacial score (nSPS) is 13.1. The monoisotopic (exact) mass is 400 g/mol. The number of nitrogens with zero attached hydrogens (tertiary/aromatic N) is 3. The third-order valence-corrected chi connectivity index (χ3v) is 5.00. The molecule has 0 saturated carbocycles. The number of non-ortho nitro benzene ring substituents is 1. The molecule has 1 aromatic heterocycles. The second kappa shape index (κ2) is 6.46. The molecular weight excluding hydrogens is 391 g/mol. The van der Waals surface area contributed by atoms with E-state index in [-0.39, 0.29) is 21.9 Å². The lowest BCUT2D eigenvalue weighted by Gasteiger charge is -2.12. The van der Waals surface area contributed by atoms with Crippen molar-refractivity contribution in [3.8, 4) is 0 Å². The van der Waals surface area contributed by atoms with E-state index in [1.54, 1.807) is 0 Å². The lowest BCUT2D eigenvalue weighted by molar-refractivity contribution is -0.384. The number of aromatic nitrogens is 1. The lowest BCUT2D eigenvalue weighted by atomic mass is 10.1. The Morgan fingerprint density at radius 1 is 1.18 bits per heavy atom. The number of fused-ring (bicyclic) bond motifs is 2. The maximum atomic E-state index is 13.2. The Morgan fingerprint density at radius 2 is 1.93 bits per heavy atom. The molecule has 3 aromatic rings. The number of nitrogens with one attached hydrogen (secondary N) is 1. The van der Waals surface area contributed by atoms with Gasteiger partial charge in [-0.25, -0.2) is 9.37 Å². The van der Waals surface area contributed by atoms with Crippen LogP contribution in [0.4, 0.5) is 15.2 Å². The minimum absolute atomic E-state index is 0.00105. The highest BCUT2D eigenvalue weighted by Crippen LogP contribution is 2.28. The molecule has 3 amide bonds. The van der Waals surface area contributed by atoms with Gasteiger partial charge in [-0.05, 0) is 24.3 Å². The van der Waals surface area contributed by atoms with Gasteiger partial charge in [-0.15, -0.1) is 0 Å². The van der Waals surface area contributed by atoms with Crippen molar-refractivity contribution < 1.29 is 23.7 Å². The molecule has 0 saturated heterocycles. The minimum atomic E-state index is -0.787. The number of carbonyl (C=O) groups excluding carboxylic acids is 3. The highest BCUT2D eigenvalue weighted by molar-refractivity contribution is 7.22. The number of amides is 3. The van der Waals surface area contributed by atoms with Gasteiger partial charge in [0.2, 0.25) is 5.91 Å². The first kappa shape index (κ1) is 17.7. The molecule has 2 aromatic carbocycles. The van der Waals surface area contributed by atoms with Crippen molar-refractivity contribution in [1.82, 2.24) is 9.88 Å². The third-order valence-electron chi connectivity index (χ3n) is 4.06. The largest absolute Gasteiger partial charge is 0.300 e. The fourth-order valence-electron chi connectivity index (χ4n) is 2.79. The summed E-state index contributed by atoms with van der Waals surface area (Å²) in [5.41, 5.74) is 0.0453. The molecule has 28 heavy (non-hydrogen) atoms. The molecule has 0 aliphatic carbocycles. The average Bonchev–Trinajstić information content (AvgIpc) is 3.14. The highest BCUT2D eigenvalue weighted by Gasteiger charge is 2.37. The van der Waals surface area contributed by atoms with Gasteiger partial charge in [-0.1, -0.05) is 11.3 Å². The Kier molecular flexibility index (Phi) is 4.08. The van der Waals surface area contributed by atoms with E-state index in [0.717, 1.165) is 23.5 Å². The van der Waals surface area contributed by atoms with Gasteiger partial charge in [0.1, 0.15) is 12.4 Å². The van der Waals surface area contributed by atoms with Crippen molar-refractivity contribution in [2.45, 2.75) is 0 Å². The van der Waals surface area contributed by atoms with Gasteiger partial charge in [0.15, 0.2) is 5.13 Å². The summed E-state index contributed by atoms with van der Waals surface area (Å²) in [5, 5.41) is 13.5. The van der Waals surface area contributed by atoms with Crippen molar-refractivity contribution in [1.29, 1.82) is 0 Å². The topological polar surface area (TPSA) is 123 Å². The van der Waals surface area contributed by atoms with E-state index in [2.05, 4.69) is 10.3 Å². The number of halogens is 1. The molecule has 0 spiro atoms. The summed E-state index contributed by atoms with van der Waals surface area (Å²) in [5.74, 6) is -2.61. The van der Waals surface area contributed by atoms with Crippen LogP contribution in [-0.2, 0) is 4.79 Å². The standard InChI is InChI=1S/C17H9FN4O5S/c18-8-1-4-12-13(5-8)28-17(19-12)20-14(23)7-21-15(24)10-3-2-9(22(26)27)6-11(10)16(21)25/h1-6H,7H2,(H,19,20,23). The summed E-state index contributed by atoms with van der Waals surface area (Å²) in [4.78, 5) is 52.0. The van der Waals surface area contributed by atoms with Crippen LogP contribution in [-0.4, -0.2) is 39.1 Å². The molecule has 0 atom stereocenters. The molecule has 0 unspecified atom stereocenters. The van der Waals surface area contributed by atoms with Gasteiger partial charge >= 0.3 is 0 Å². The van der Waals surface area contributed by atoms with Gasteiger partial charge in [-0.3, -0.25) is 29.4 Å². The Balaban J connectivity index is 1.51. The predicted molar refractivity (Wildman–Crippen MR) is 96.7 cm³/mol. The quantitative estimate of drug-likeness (QED) is 0.408. The summed E-state index contributed by atoms with van der Waals surface area (Å²) < 4.78 is 13.8. The van der Waals surface area contributed by atoms with Crippen LogP contribution in [0.25, 0.3) is 10.2 Å². The predicted octanol–water partition coefficient (Wildman–Crippen LogP) is 2.58. The first-order valence-corrected chi connectivity index (χ1v) is 8.66. The summed E-state index contributed by atoms with van der Waals surface area (Å²) in [6.07, 6.45) is 0. The molecule has 140 valence electrons. The molecule has 9 nitrogen and oxygen atoms in total. The van der Waals surface area contributed by atoms with Crippen molar-refractivity contribution in [2.24, 2.45) is 0 Å². The lowest BCUT2D eigenvalue weighted by Crippen LogP contribution is -2.37. The second-order valence-electron chi connectivity index (χ2n) is 5.86. The maximum absolute atomic E-state index is 13.2. The number of imide groups is 1. The van der Waals surface area contributed by atoms with Crippen LogP contribution in [0.5, 0.6) is 0 Å². The van der Waals surface area contributed by atoms with E-state index in [1.165, 1.54) is 24.3 Å². The first-order chi connectivity index (χ1) is 13.3. The van der Waals surface area contributed by atoms with Crippen molar-refractivity contribution in [2.75, 3.05) is 11.9 Å². The molecule has 1 N–H and O–H groups in total. The average molecular weight is 400 g/mol. The van der Waals surface area contributed by atoms with Crippen LogP contribution in [0.15, 0.2) is 36.4 Å². The maximum Gasteiger partial charge on any atom is 0.270 e. The van der Waals surface area contributed by atoms with E-state index in [4.69, 9.17) is 0 Å². The van der Waals surface area contributed by atoms with E-state index < -0.39 is 35.0 Å². The summed E-state index contributed by atoms with van der Waals surface area (Å²) in [6, 6.07) is 7.30. The first-order valence-electron chi connectivity index (χ1n) is 7.84. The fourth-order valence-corrected chi connectivity index (χ4v) is 3.70. The van der Waals surface area contributed by atoms with Crippen LogP contribution in [0, 0.1) is 15.9 Å². The number of rotatable bonds is 4.